The number of anilines is 5. The van der Waals surface area contributed by atoms with Gasteiger partial charge in [0.05, 0.1) is 0 Å². The van der Waals surface area contributed by atoms with Crippen LogP contribution in [0.15, 0.2) is 43.0 Å². The minimum atomic E-state index is 0.403. The molecule has 0 aliphatic rings. The average molecular weight is 307 g/mol. The summed E-state index contributed by atoms with van der Waals surface area (Å²) in [6.45, 7) is 3.94. The quantitative estimate of drug-likeness (QED) is 0.681. The lowest BCUT2D eigenvalue weighted by molar-refractivity contribution is 1.15. The van der Waals surface area contributed by atoms with Gasteiger partial charge in [0.2, 0.25) is 0 Å². The summed E-state index contributed by atoms with van der Waals surface area (Å²) >= 11 is 0. The van der Waals surface area contributed by atoms with E-state index in [9.17, 15) is 0 Å². The van der Waals surface area contributed by atoms with E-state index in [0.29, 0.717) is 29.0 Å². The van der Waals surface area contributed by atoms with Gasteiger partial charge in [0, 0.05) is 12.4 Å². The van der Waals surface area contributed by atoms with Crippen LogP contribution in [-0.2, 0) is 0 Å². The van der Waals surface area contributed by atoms with Crippen molar-refractivity contribution in [3.05, 3.63) is 54.1 Å². The Morgan fingerprint density at radius 3 is 2.35 bits per heavy atom. The highest BCUT2D eigenvalue weighted by atomic mass is 15.1. The van der Waals surface area contributed by atoms with E-state index in [2.05, 4.69) is 30.6 Å². The monoisotopic (exact) mass is 307 g/mol. The van der Waals surface area contributed by atoms with E-state index in [1.165, 1.54) is 6.33 Å². The van der Waals surface area contributed by atoms with Crippen LogP contribution in [0.1, 0.15) is 11.1 Å². The molecule has 0 spiro atoms. The van der Waals surface area contributed by atoms with Gasteiger partial charge in [-0.1, -0.05) is 12.1 Å². The van der Waals surface area contributed by atoms with Crippen molar-refractivity contribution in [1.82, 2.24) is 19.9 Å². The normalized spacial score (nSPS) is 10.3. The predicted molar refractivity (Wildman–Crippen MR) is 91.0 cm³/mol. The number of hydrogen-bond acceptors (Lipinski definition) is 7. The van der Waals surface area contributed by atoms with Crippen molar-refractivity contribution < 1.29 is 0 Å². The van der Waals surface area contributed by atoms with Crippen LogP contribution in [0.2, 0.25) is 0 Å². The van der Waals surface area contributed by atoms with Gasteiger partial charge in [-0.05, 0) is 37.1 Å². The molecule has 3 aromatic rings. The van der Waals surface area contributed by atoms with Gasteiger partial charge < -0.3 is 16.4 Å². The maximum absolute atomic E-state index is 6.15. The van der Waals surface area contributed by atoms with Crippen molar-refractivity contribution in [2.75, 3.05) is 16.4 Å². The highest BCUT2D eigenvalue weighted by molar-refractivity contribution is 5.79. The van der Waals surface area contributed by atoms with Gasteiger partial charge in [-0.2, -0.15) is 0 Å². The number of pyridine rings is 2. The van der Waals surface area contributed by atoms with Crippen LogP contribution in [0.25, 0.3) is 0 Å². The van der Waals surface area contributed by atoms with Crippen molar-refractivity contribution in [3.8, 4) is 0 Å². The molecule has 0 radical (unpaired) electrons. The lowest BCUT2D eigenvalue weighted by Gasteiger charge is -2.12. The van der Waals surface area contributed by atoms with Gasteiger partial charge in [0.25, 0.3) is 0 Å². The zero-order chi connectivity index (χ0) is 16.2. The Hall–Kier alpha value is -3.22. The van der Waals surface area contributed by atoms with Crippen molar-refractivity contribution >= 4 is 29.0 Å². The van der Waals surface area contributed by atoms with E-state index in [4.69, 9.17) is 5.73 Å². The maximum Gasteiger partial charge on any atom is 0.160 e. The van der Waals surface area contributed by atoms with E-state index < -0.39 is 0 Å². The maximum atomic E-state index is 6.15. The van der Waals surface area contributed by atoms with Crippen LogP contribution in [0.5, 0.6) is 0 Å². The van der Waals surface area contributed by atoms with Gasteiger partial charge in [0.15, 0.2) is 11.6 Å². The molecule has 0 amide bonds. The molecule has 0 saturated heterocycles. The summed E-state index contributed by atoms with van der Waals surface area (Å²) in [6, 6.07) is 7.66. The first-order valence-electron chi connectivity index (χ1n) is 7.12. The zero-order valence-electron chi connectivity index (χ0n) is 12.9. The molecule has 4 N–H and O–H groups in total. The van der Waals surface area contributed by atoms with Crippen molar-refractivity contribution in [2.24, 2.45) is 0 Å². The third-order valence-electron chi connectivity index (χ3n) is 3.29. The van der Waals surface area contributed by atoms with E-state index in [1.807, 2.05) is 38.1 Å². The molecule has 3 heterocycles. The number of nitrogens with zero attached hydrogens (tertiary/aromatic N) is 4. The minimum absolute atomic E-state index is 0.403. The smallest absolute Gasteiger partial charge is 0.160 e. The lowest BCUT2D eigenvalue weighted by Crippen LogP contribution is -2.07. The highest BCUT2D eigenvalue weighted by Gasteiger charge is 2.10. The van der Waals surface area contributed by atoms with Crippen molar-refractivity contribution in [1.29, 1.82) is 0 Å². The van der Waals surface area contributed by atoms with Crippen LogP contribution in [0.3, 0.4) is 0 Å². The topological polar surface area (TPSA) is 102 Å². The molecule has 3 rings (SSSR count). The molecular weight excluding hydrogens is 290 g/mol. The molecule has 7 nitrogen and oxygen atoms in total. The minimum Gasteiger partial charge on any atom is -0.393 e. The Labute approximate surface area is 134 Å². The molecule has 0 atom stereocenters. The fourth-order valence-corrected chi connectivity index (χ4v) is 1.99. The van der Waals surface area contributed by atoms with Crippen LogP contribution in [-0.4, -0.2) is 19.9 Å². The molecule has 0 aromatic carbocycles. The second-order valence-electron chi connectivity index (χ2n) is 5.12. The molecule has 23 heavy (non-hydrogen) atoms. The summed E-state index contributed by atoms with van der Waals surface area (Å²) in [5, 5.41) is 6.22. The Morgan fingerprint density at radius 2 is 1.65 bits per heavy atom. The van der Waals surface area contributed by atoms with Crippen molar-refractivity contribution in [3.63, 3.8) is 0 Å². The molecule has 0 bridgehead atoms. The summed E-state index contributed by atoms with van der Waals surface area (Å²) in [7, 11) is 0. The average Bonchev–Trinajstić information content (AvgIpc) is 2.55. The number of nitrogen functional groups attached to an aromatic ring is 1. The number of rotatable bonds is 4. The largest absolute Gasteiger partial charge is 0.393 e. The fraction of sp³-hybridized carbons (Fsp3) is 0.125. The van der Waals surface area contributed by atoms with E-state index in [1.54, 1.807) is 12.4 Å². The molecule has 0 aliphatic heterocycles. The number of aryl methyl sites for hydroxylation is 2. The first kappa shape index (κ1) is 14.7. The Kier molecular flexibility index (Phi) is 4.01. The second kappa shape index (κ2) is 6.27. The van der Waals surface area contributed by atoms with Crippen LogP contribution in [0.4, 0.5) is 29.0 Å². The number of aromatic nitrogens is 4. The molecule has 0 unspecified atom stereocenters. The molecule has 3 aromatic heterocycles. The van der Waals surface area contributed by atoms with Crippen LogP contribution in [0, 0.1) is 13.8 Å². The van der Waals surface area contributed by atoms with Gasteiger partial charge in [-0.3, -0.25) is 0 Å². The predicted octanol–water partition coefficient (Wildman–Crippen LogP) is 2.95. The third kappa shape index (κ3) is 3.34. The first-order chi connectivity index (χ1) is 11.1. The van der Waals surface area contributed by atoms with E-state index >= 15 is 0 Å². The summed E-state index contributed by atoms with van der Waals surface area (Å²) in [5.41, 5.74) is 8.64. The van der Waals surface area contributed by atoms with E-state index in [-0.39, 0.29) is 0 Å². The Bertz CT molecular complexity index is 815. The van der Waals surface area contributed by atoms with Gasteiger partial charge >= 0.3 is 0 Å². The molecule has 116 valence electrons. The number of nitrogens with two attached hydrogens (primary N) is 1. The summed E-state index contributed by atoms with van der Waals surface area (Å²) in [4.78, 5) is 16.9. The SMILES string of the molecule is Cc1ccc(Nc2ncnc(Nc3ncccc3C)c2N)nc1. The zero-order valence-corrected chi connectivity index (χ0v) is 12.9. The number of hydrogen-bond donors (Lipinski definition) is 3. The summed E-state index contributed by atoms with van der Waals surface area (Å²) in [5.74, 6) is 2.36. The third-order valence-corrected chi connectivity index (χ3v) is 3.29. The Morgan fingerprint density at radius 1 is 0.870 bits per heavy atom. The fourth-order valence-electron chi connectivity index (χ4n) is 1.99. The molecule has 7 heteroatoms. The standard InChI is InChI=1S/C16H17N7/c1-10-5-6-12(19-8-10)22-15-13(17)16(21-9-20-15)23-14-11(2)4-3-7-18-14/h3-9H,17H2,1-2H3,(H2,18,19,20,21,22,23). The van der Waals surface area contributed by atoms with Crippen LogP contribution >= 0.6 is 0 Å². The van der Waals surface area contributed by atoms with Crippen molar-refractivity contribution in [2.45, 2.75) is 13.8 Å². The van der Waals surface area contributed by atoms with Gasteiger partial charge in [0.1, 0.15) is 23.7 Å². The second-order valence-corrected chi connectivity index (χ2v) is 5.12. The highest BCUT2D eigenvalue weighted by Crippen LogP contribution is 2.27. The lowest BCUT2D eigenvalue weighted by atomic mass is 10.3. The van der Waals surface area contributed by atoms with E-state index in [0.717, 1.165) is 11.1 Å². The summed E-state index contributed by atoms with van der Waals surface area (Å²) < 4.78 is 0. The first-order valence-corrected chi connectivity index (χ1v) is 7.12. The van der Waals surface area contributed by atoms with Gasteiger partial charge in [-0.25, -0.2) is 19.9 Å². The van der Waals surface area contributed by atoms with Gasteiger partial charge in [-0.15, -0.1) is 0 Å². The number of nitrogens with one attached hydrogen (secondary N) is 2. The van der Waals surface area contributed by atoms with Crippen LogP contribution < -0.4 is 16.4 Å². The Balaban J connectivity index is 1.86. The molecular formula is C16H17N7. The molecule has 0 fully saturated rings. The molecule has 0 saturated carbocycles. The summed E-state index contributed by atoms with van der Waals surface area (Å²) in [6.07, 6.45) is 4.92. The molecule has 0 aliphatic carbocycles.